The van der Waals surface area contributed by atoms with Crippen LogP contribution in [0.5, 0.6) is 0 Å². The van der Waals surface area contributed by atoms with Gasteiger partial charge in [-0.1, -0.05) is 19.1 Å². The van der Waals surface area contributed by atoms with Gasteiger partial charge in [-0.05, 0) is 60.7 Å². The molecule has 4 unspecified atom stereocenters. The zero-order chi connectivity index (χ0) is 8.58. The first kappa shape index (κ1) is 7.09. The molecule has 0 radical (unpaired) electrons. The summed E-state index contributed by atoms with van der Waals surface area (Å²) in [5.74, 6) is 7.59. The Hall–Kier alpha value is -0.260. The summed E-state index contributed by atoms with van der Waals surface area (Å²) in [6.45, 7) is 2.50. The fraction of sp³-hybridized carbons (Fsp3) is 0.846. The molecule has 13 heavy (non-hydrogen) atoms. The average Bonchev–Trinajstić information content (AvgIpc) is 2.78. The van der Waals surface area contributed by atoms with Gasteiger partial charge in [-0.2, -0.15) is 0 Å². The van der Waals surface area contributed by atoms with Crippen LogP contribution in [0.15, 0.2) is 12.2 Å². The van der Waals surface area contributed by atoms with Crippen molar-refractivity contribution < 1.29 is 0 Å². The topological polar surface area (TPSA) is 0 Å². The quantitative estimate of drug-likeness (QED) is 0.391. The van der Waals surface area contributed by atoms with Gasteiger partial charge in [-0.25, -0.2) is 0 Å². The van der Waals surface area contributed by atoms with E-state index in [1.807, 2.05) is 0 Å². The van der Waals surface area contributed by atoms with Crippen LogP contribution in [-0.4, -0.2) is 0 Å². The Morgan fingerprint density at radius 1 is 0.923 bits per heavy atom. The SMILES string of the molecule is CC1C[C@H]2C[C@@H]1C1C3C=C[C@H](C3)C12. The Bertz CT molecular complexity index is 278. The number of hydrogen-bond acceptors (Lipinski definition) is 0. The molecule has 0 aliphatic heterocycles. The Morgan fingerprint density at radius 3 is 2.54 bits per heavy atom. The smallest absolute Gasteiger partial charge is 0.0194 e. The van der Waals surface area contributed by atoms with E-state index in [1.54, 1.807) is 12.8 Å². The summed E-state index contributed by atoms with van der Waals surface area (Å²) in [7, 11) is 0. The standard InChI is InChI=1S/C13H18/c1-7-4-10-6-11(7)13-9-3-2-8(5-9)12(10)13/h2-3,7-13H,4-6H2,1H3/t7?,8-,9?,10+,11+,12?,13?/m1/s1. The third kappa shape index (κ3) is 0.671. The van der Waals surface area contributed by atoms with Crippen molar-refractivity contribution in [1.82, 2.24) is 0 Å². The van der Waals surface area contributed by atoms with Crippen LogP contribution in [0.3, 0.4) is 0 Å². The van der Waals surface area contributed by atoms with E-state index in [0.717, 1.165) is 41.4 Å². The van der Waals surface area contributed by atoms with E-state index in [-0.39, 0.29) is 0 Å². The lowest BCUT2D eigenvalue weighted by atomic mass is 9.70. The first-order chi connectivity index (χ1) is 6.34. The molecule has 0 saturated heterocycles. The lowest BCUT2D eigenvalue weighted by Gasteiger charge is -2.35. The van der Waals surface area contributed by atoms with Crippen molar-refractivity contribution in [1.29, 1.82) is 0 Å². The Kier molecular flexibility index (Phi) is 1.11. The molecule has 4 rings (SSSR count). The maximum Gasteiger partial charge on any atom is -0.0194 e. The molecule has 3 saturated carbocycles. The first-order valence-electron chi connectivity index (χ1n) is 6.03. The van der Waals surface area contributed by atoms with E-state index >= 15 is 0 Å². The van der Waals surface area contributed by atoms with Crippen molar-refractivity contribution in [3.63, 3.8) is 0 Å². The van der Waals surface area contributed by atoms with E-state index in [0.29, 0.717) is 0 Å². The third-order valence-corrected chi connectivity index (χ3v) is 5.60. The lowest BCUT2D eigenvalue weighted by Crippen LogP contribution is -2.29. The Labute approximate surface area is 80.4 Å². The molecular formula is C13H18. The van der Waals surface area contributed by atoms with Crippen LogP contribution in [0.1, 0.15) is 26.2 Å². The average molecular weight is 174 g/mol. The van der Waals surface area contributed by atoms with Gasteiger partial charge in [-0.3, -0.25) is 0 Å². The predicted octanol–water partition coefficient (Wildman–Crippen LogP) is 3.10. The highest BCUT2D eigenvalue weighted by atomic mass is 14.6. The second kappa shape index (κ2) is 2.04. The number of hydrogen-bond donors (Lipinski definition) is 0. The van der Waals surface area contributed by atoms with Gasteiger partial charge in [0.05, 0.1) is 0 Å². The number of fused-ring (bicyclic) bond motifs is 9. The van der Waals surface area contributed by atoms with Crippen LogP contribution in [0.4, 0.5) is 0 Å². The molecule has 0 aromatic rings. The van der Waals surface area contributed by atoms with E-state index in [4.69, 9.17) is 0 Å². The molecule has 4 aliphatic rings. The van der Waals surface area contributed by atoms with E-state index in [1.165, 1.54) is 6.42 Å². The van der Waals surface area contributed by atoms with Gasteiger partial charge in [0, 0.05) is 0 Å². The van der Waals surface area contributed by atoms with Gasteiger partial charge in [0.2, 0.25) is 0 Å². The Morgan fingerprint density at radius 2 is 1.69 bits per heavy atom. The molecule has 0 N–H and O–H groups in total. The maximum absolute atomic E-state index is 2.54. The van der Waals surface area contributed by atoms with Gasteiger partial charge in [0.15, 0.2) is 0 Å². The zero-order valence-electron chi connectivity index (χ0n) is 8.32. The van der Waals surface area contributed by atoms with E-state index in [2.05, 4.69) is 19.1 Å². The van der Waals surface area contributed by atoms with Gasteiger partial charge in [0.25, 0.3) is 0 Å². The molecule has 0 amide bonds. The zero-order valence-corrected chi connectivity index (χ0v) is 8.32. The molecule has 4 aliphatic carbocycles. The monoisotopic (exact) mass is 174 g/mol. The van der Waals surface area contributed by atoms with Gasteiger partial charge in [0.1, 0.15) is 0 Å². The van der Waals surface area contributed by atoms with Crippen LogP contribution in [0.2, 0.25) is 0 Å². The third-order valence-electron chi connectivity index (χ3n) is 5.60. The fourth-order valence-corrected chi connectivity index (χ4v) is 5.35. The summed E-state index contributed by atoms with van der Waals surface area (Å²) in [6, 6.07) is 0. The minimum absolute atomic E-state index is 1.01. The summed E-state index contributed by atoms with van der Waals surface area (Å²) < 4.78 is 0. The van der Waals surface area contributed by atoms with Crippen molar-refractivity contribution in [3.8, 4) is 0 Å². The van der Waals surface area contributed by atoms with Crippen molar-refractivity contribution in [2.24, 2.45) is 41.4 Å². The second-order valence-electron chi connectivity index (χ2n) is 5.98. The van der Waals surface area contributed by atoms with Crippen LogP contribution in [0, 0.1) is 41.4 Å². The first-order valence-corrected chi connectivity index (χ1v) is 6.03. The second-order valence-corrected chi connectivity index (χ2v) is 5.98. The summed E-state index contributed by atoms with van der Waals surface area (Å²) in [6.07, 6.45) is 9.75. The minimum Gasteiger partial charge on any atom is -0.0848 e. The van der Waals surface area contributed by atoms with Crippen molar-refractivity contribution in [2.45, 2.75) is 26.2 Å². The van der Waals surface area contributed by atoms with E-state index in [9.17, 15) is 0 Å². The molecule has 0 aromatic carbocycles. The normalized spacial score (nSPS) is 66.4. The predicted molar refractivity (Wildman–Crippen MR) is 53.1 cm³/mol. The largest absolute Gasteiger partial charge is 0.0848 e. The maximum atomic E-state index is 2.54. The van der Waals surface area contributed by atoms with Crippen molar-refractivity contribution in [2.75, 3.05) is 0 Å². The van der Waals surface area contributed by atoms with Gasteiger partial charge < -0.3 is 0 Å². The number of rotatable bonds is 0. The number of allylic oxidation sites excluding steroid dienone is 2. The van der Waals surface area contributed by atoms with E-state index < -0.39 is 0 Å². The molecule has 0 heterocycles. The molecule has 70 valence electrons. The summed E-state index contributed by atoms with van der Waals surface area (Å²) in [5.41, 5.74) is 0. The summed E-state index contributed by atoms with van der Waals surface area (Å²) in [4.78, 5) is 0. The fourth-order valence-electron chi connectivity index (χ4n) is 5.35. The van der Waals surface area contributed by atoms with Crippen LogP contribution in [-0.2, 0) is 0 Å². The molecule has 3 fully saturated rings. The molecule has 7 atom stereocenters. The van der Waals surface area contributed by atoms with Crippen molar-refractivity contribution in [3.05, 3.63) is 12.2 Å². The Balaban J connectivity index is 1.79. The summed E-state index contributed by atoms with van der Waals surface area (Å²) in [5, 5.41) is 0. The van der Waals surface area contributed by atoms with Crippen molar-refractivity contribution >= 4 is 0 Å². The minimum atomic E-state index is 1.01. The molecular weight excluding hydrogens is 156 g/mol. The highest BCUT2D eigenvalue weighted by molar-refractivity contribution is 5.20. The summed E-state index contributed by atoms with van der Waals surface area (Å²) >= 11 is 0. The van der Waals surface area contributed by atoms with Gasteiger partial charge in [-0.15, -0.1) is 0 Å². The molecule has 0 nitrogen and oxygen atoms in total. The van der Waals surface area contributed by atoms with Gasteiger partial charge >= 0.3 is 0 Å². The molecule has 0 spiro atoms. The van der Waals surface area contributed by atoms with Crippen LogP contribution in [0.25, 0.3) is 0 Å². The molecule has 4 bridgehead atoms. The lowest BCUT2D eigenvalue weighted by molar-refractivity contribution is 0.160. The molecule has 0 aromatic heterocycles. The van der Waals surface area contributed by atoms with Crippen LogP contribution >= 0.6 is 0 Å². The highest BCUT2D eigenvalue weighted by Crippen LogP contribution is 2.66. The van der Waals surface area contributed by atoms with Crippen LogP contribution < -0.4 is 0 Å². The highest BCUT2D eigenvalue weighted by Gasteiger charge is 2.59. The molecule has 0 heteroatoms.